The van der Waals surface area contributed by atoms with Crippen LogP contribution in [0, 0.1) is 0 Å². The van der Waals surface area contributed by atoms with Crippen LogP contribution in [-0.4, -0.2) is 25.2 Å². The highest BCUT2D eigenvalue weighted by molar-refractivity contribution is 5.14. The van der Waals surface area contributed by atoms with E-state index >= 15 is 0 Å². The predicted octanol–water partition coefficient (Wildman–Crippen LogP) is 3.87. The molecule has 1 aliphatic rings. The summed E-state index contributed by atoms with van der Waals surface area (Å²) in [6, 6.07) is 19.7. The molecule has 1 fully saturated rings. The summed E-state index contributed by atoms with van der Waals surface area (Å²) in [4.78, 5) is 0. The molecule has 3 rings (SSSR count). The summed E-state index contributed by atoms with van der Waals surface area (Å²) in [5.74, 6) is 0. The number of alkyl halides is 1. The summed E-state index contributed by atoms with van der Waals surface area (Å²) in [5, 5.41) is 0. The van der Waals surface area contributed by atoms with Gasteiger partial charge >= 0.3 is 0 Å². The van der Waals surface area contributed by atoms with Gasteiger partial charge in [-0.05, 0) is 11.1 Å². The monoisotopic (exact) mass is 316 g/mol. The van der Waals surface area contributed by atoms with Gasteiger partial charge in [-0.1, -0.05) is 60.7 Å². The van der Waals surface area contributed by atoms with Crippen molar-refractivity contribution in [2.45, 2.75) is 38.2 Å². The number of benzene rings is 2. The van der Waals surface area contributed by atoms with E-state index in [0.29, 0.717) is 19.8 Å². The second-order valence-corrected chi connectivity index (χ2v) is 5.66. The second kappa shape index (κ2) is 8.20. The van der Waals surface area contributed by atoms with Crippen LogP contribution >= 0.6 is 0 Å². The molecule has 0 amide bonds. The van der Waals surface area contributed by atoms with Gasteiger partial charge in [-0.25, -0.2) is 4.39 Å². The number of hydrogen-bond acceptors (Lipinski definition) is 3. The summed E-state index contributed by atoms with van der Waals surface area (Å²) in [6.07, 6.45) is -1.66. The second-order valence-electron chi connectivity index (χ2n) is 5.66. The van der Waals surface area contributed by atoms with Crippen molar-refractivity contribution >= 4 is 0 Å². The Kier molecular flexibility index (Phi) is 5.75. The van der Waals surface area contributed by atoms with Crippen LogP contribution in [0.25, 0.3) is 0 Å². The molecule has 0 unspecified atom stereocenters. The molecule has 1 aliphatic heterocycles. The Labute approximate surface area is 136 Å². The molecule has 1 heterocycles. The van der Waals surface area contributed by atoms with Gasteiger partial charge in [0.2, 0.25) is 6.36 Å². The molecule has 122 valence electrons. The molecule has 0 radical (unpaired) electrons. The number of ether oxygens (including phenoxy) is 3. The van der Waals surface area contributed by atoms with E-state index in [1.54, 1.807) is 0 Å². The third-order valence-electron chi connectivity index (χ3n) is 3.86. The summed E-state index contributed by atoms with van der Waals surface area (Å²) in [6.45, 7) is 1.27. The van der Waals surface area contributed by atoms with Crippen LogP contribution in [0.1, 0.15) is 17.5 Å². The molecule has 0 spiro atoms. The van der Waals surface area contributed by atoms with Gasteiger partial charge in [0, 0.05) is 6.42 Å². The lowest BCUT2D eigenvalue weighted by molar-refractivity contribution is -0.0939. The molecule has 0 saturated carbocycles. The molecular weight excluding hydrogens is 295 g/mol. The van der Waals surface area contributed by atoms with Crippen molar-refractivity contribution in [3.8, 4) is 0 Å². The zero-order valence-electron chi connectivity index (χ0n) is 12.9. The lowest BCUT2D eigenvalue weighted by Gasteiger charge is -2.19. The van der Waals surface area contributed by atoms with Crippen LogP contribution in [0.15, 0.2) is 60.7 Å². The van der Waals surface area contributed by atoms with Crippen molar-refractivity contribution in [3.05, 3.63) is 71.8 Å². The first-order chi connectivity index (χ1) is 11.3. The van der Waals surface area contributed by atoms with Crippen LogP contribution in [-0.2, 0) is 27.4 Å². The van der Waals surface area contributed by atoms with E-state index in [4.69, 9.17) is 14.2 Å². The molecule has 3 nitrogen and oxygen atoms in total. The SMILES string of the molecule is F[C@H]1C[C@H](OCc2ccccc2)[C@@H](COCc2ccccc2)O1. The lowest BCUT2D eigenvalue weighted by Crippen LogP contribution is -2.29. The molecular formula is C19H21FO3. The minimum absolute atomic E-state index is 0.256. The van der Waals surface area contributed by atoms with E-state index in [-0.39, 0.29) is 18.6 Å². The number of halogens is 1. The zero-order valence-corrected chi connectivity index (χ0v) is 12.9. The Morgan fingerprint density at radius 2 is 1.52 bits per heavy atom. The summed E-state index contributed by atoms with van der Waals surface area (Å²) >= 11 is 0. The Hall–Kier alpha value is -1.75. The van der Waals surface area contributed by atoms with Gasteiger partial charge in [0.15, 0.2) is 0 Å². The normalized spacial score (nSPS) is 24.0. The predicted molar refractivity (Wildman–Crippen MR) is 85.5 cm³/mol. The third kappa shape index (κ3) is 4.86. The van der Waals surface area contributed by atoms with Gasteiger partial charge in [0.1, 0.15) is 6.10 Å². The van der Waals surface area contributed by atoms with Crippen LogP contribution < -0.4 is 0 Å². The largest absolute Gasteiger partial charge is 0.374 e. The molecule has 4 heteroatoms. The maximum atomic E-state index is 13.5. The Morgan fingerprint density at radius 3 is 2.17 bits per heavy atom. The fourth-order valence-corrected chi connectivity index (χ4v) is 2.63. The van der Waals surface area contributed by atoms with Crippen molar-refractivity contribution in [1.82, 2.24) is 0 Å². The van der Waals surface area contributed by atoms with Gasteiger partial charge in [0.25, 0.3) is 0 Å². The number of hydrogen-bond donors (Lipinski definition) is 0. The quantitative estimate of drug-likeness (QED) is 0.776. The van der Waals surface area contributed by atoms with Gasteiger partial charge in [-0.2, -0.15) is 0 Å². The lowest BCUT2D eigenvalue weighted by atomic mass is 10.2. The van der Waals surface area contributed by atoms with Crippen LogP contribution in [0.5, 0.6) is 0 Å². The summed E-state index contributed by atoms with van der Waals surface area (Å²) < 4.78 is 30.3. The molecule has 3 atom stereocenters. The summed E-state index contributed by atoms with van der Waals surface area (Å²) in [7, 11) is 0. The van der Waals surface area contributed by atoms with Crippen LogP contribution in [0.2, 0.25) is 0 Å². The third-order valence-corrected chi connectivity index (χ3v) is 3.86. The van der Waals surface area contributed by atoms with E-state index in [1.807, 2.05) is 60.7 Å². The molecule has 0 bridgehead atoms. The van der Waals surface area contributed by atoms with Crippen molar-refractivity contribution in [3.63, 3.8) is 0 Å². The molecule has 23 heavy (non-hydrogen) atoms. The fourth-order valence-electron chi connectivity index (χ4n) is 2.63. The van der Waals surface area contributed by atoms with E-state index in [2.05, 4.69) is 0 Å². The van der Waals surface area contributed by atoms with Gasteiger partial charge in [-0.3, -0.25) is 0 Å². The maximum Gasteiger partial charge on any atom is 0.201 e. The molecule has 0 aliphatic carbocycles. The van der Waals surface area contributed by atoms with Crippen LogP contribution in [0.3, 0.4) is 0 Å². The fraction of sp³-hybridized carbons (Fsp3) is 0.368. The van der Waals surface area contributed by atoms with Crippen molar-refractivity contribution in [2.24, 2.45) is 0 Å². The topological polar surface area (TPSA) is 27.7 Å². The highest BCUT2D eigenvalue weighted by Crippen LogP contribution is 2.25. The smallest absolute Gasteiger partial charge is 0.201 e. The average Bonchev–Trinajstić information content (AvgIpc) is 2.95. The van der Waals surface area contributed by atoms with E-state index < -0.39 is 6.36 Å². The van der Waals surface area contributed by atoms with E-state index in [1.165, 1.54) is 0 Å². The maximum absolute atomic E-state index is 13.5. The standard InChI is InChI=1S/C19H21FO3/c20-19-11-17(22-13-16-9-5-2-6-10-16)18(23-19)14-21-12-15-7-3-1-4-8-15/h1-10,17-19H,11-14H2/t17-,18+,19+/m0/s1. The Balaban J connectivity index is 1.47. The minimum Gasteiger partial charge on any atom is -0.374 e. The zero-order chi connectivity index (χ0) is 15.9. The van der Waals surface area contributed by atoms with Crippen LogP contribution in [0.4, 0.5) is 4.39 Å². The van der Waals surface area contributed by atoms with Gasteiger partial charge in [0.05, 0.1) is 25.9 Å². The Bertz CT molecular complexity index is 576. The molecule has 0 N–H and O–H groups in total. The molecule has 0 aromatic heterocycles. The van der Waals surface area contributed by atoms with E-state index in [0.717, 1.165) is 11.1 Å². The van der Waals surface area contributed by atoms with Crippen molar-refractivity contribution in [1.29, 1.82) is 0 Å². The highest BCUT2D eigenvalue weighted by Gasteiger charge is 2.36. The minimum atomic E-state index is -1.28. The molecule has 1 saturated heterocycles. The first-order valence-electron chi connectivity index (χ1n) is 7.88. The van der Waals surface area contributed by atoms with Crippen molar-refractivity contribution < 1.29 is 18.6 Å². The molecule has 2 aromatic carbocycles. The first kappa shape index (κ1) is 16.1. The average molecular weight is 316 g/mol. The highest BCUT2D eigenvalue weighted by atomic mass is 19.1. The summed E-state index contributed by atoms with van der Waals surface area (Å²) in [5.41, 5.74) is 2.16. The van der Waals surface area contributed by atoms with Crippen molar-refractivity contribution in [2.75, 3.05) is 6.61 Å². The first-order valence-corrected chi connectivity index (χ1v) is 7.88. The van der Waals surface area contributed by atoms with Gasteiger partial charge in [-0.15, -0.1) is 0 Å². The molecule has 2 aromatic rings. The number of rotatable bonds is 7. The Morgan fingerprint density at radius 1 is 0.913 bits per heavy atom. The van der Waals surface area contributed by atoms with Gasteiger partial charge < -0.3 is 14.2 Å². The van der Waals surface area contributed by atoms with E-state index in [9.17, 15) is 4.39 Å².